The van der Waals surface area contributed by atoms with Crippen LogP contribution >= 0.6 is 0 Å². The van der Waals surface area contributed by atoms with Crippen molar-refractivity contribution >= 4 is 15.7 Å². The number of nitrogens with two attached hydrogens (primary N) is 1. The lowest BCUT2D eigenvalue weighted by atomic mass is 10.1. The minimum Gasteiger partial charge on any atom is -0.454 e. The molecule has 8 nitrogen and oxygen atoms in total. The Kier molecular flexibility index (Phi) is 8.21. The summed E-state index contributed by atoms with van der Waals surface area (Å²) in [4.78, 5) is 1.62. The molecule has 0 aliphatic rings. The summed E-state index contributed by atoms with van der Waals surface area (Å²) < 4.78 is 35.6. The van der Waals surface area contributed by atoms with Gasteiger partial charge in [0.1, 0.15) is 10.6 Å². The van der Waals surface area contributed by atoms with E-state index < -0.39 is 10.0 Å². The number of rotatable bonds is 11. The van der Waals surface area contributed by atoms with Gasteiger partial charge >= 0.3 is 0 Å². The predicted molar refractivity (Wildman–Crippen MR) is 106 cm³/mol. The number of sulfonamides is 1. The third-order valence-corrected chi connectivity index (χ3v) is 4.96. The lowest BCUT2D eigenvalue weighted by molar-refractivity contribution is 0.204. The molecule has 0 amide bonds. The Bertz CT molecular complexity index is 850. The van der Waals surface area contributed by atoms with Crippen molar-refractivity contribution < 1.29 is 28.1 Å². The molecule has 0 spiro atoms. The zero-order valence-corrected chi connectivity index (χ0v) is 16.6. The first-order valence-electron chi connectivity index (χ1n) is 8.79. The number of aliphatic hydroxyl groups excluding tert-OH is 2. The molecule has 0 heterocycles. The van der Waals surface area contributed by atoms with Gasteiger partial charge in [0, 0.05) is 26.8 Å². The molecular weight excluding hydrogens is 384 g/mol. The van der Waals surface area contributed by atoms with E-state index in [2.05, 4.69) is 0 Å². The molecule has 0 radical (unpaired) electrons. The smallest absolute Gasteiger partial charge is 0.241 e. The Morgan fingerprint density at radius 2 is 1.82 bits per heavy atom. The van der Waals surface area contributed by atoms with Crippen LogP contribution in [0.1, 0.15) is 12.0 Å². The topological polar surface area (TPSA) is 122 Å². The van der Waals surface area contributed by atoms with Crippen LogP contribution in [0.3, 0.4) is 0 Å². The van der Waals surface area contributed by atoms with Gasteiger partial charge in [-0.15, -0.1) is 0 Å². The highest BCUT2D eigenvalue weighted by atomic mass is 32.2. The highest BCUT2D eigenvalue weighted by molar-refractivity contribution is 7.89. The molecule has 0 atom stereocenters. The first-order valence-corrected chi connectivity index (χ1v) is 10.3. The number of benzene rings is 2. The van der Waals surface area contributed by atoms with Crippen molar-refractivity contribution in [3.05, 3.63) is 48.0 Å². The van der Waals surface area contributed by atoms with Crippen LogP contribution in [-0.4, -0.2) is 52.0 Å². The number of hydrogen-bond donors (Lipinski definition) is 3. The van der Waals surface area contributed by atoms with Crippen molar-refractivity contribution in [2.24, 2.45) is 5.14 Å². The summed E-state index contributed by atoms with van der Waals surface area (Å²) in [5.41, 5.74) is 0.829. The monoisotopic (exact) mass is 410 g/mol. The number of aliphatic hydroxyl groups is 2. The SMILES string of the molecule is COCCN(CCCO)c1cc(CO)cc(S(N)(=O)=O)c1Oc1ccccc1. The van der Waals surface area contributed by atoms with Crippen molar-refractivity contribution in [3.8, 4) is 11.5 Å². The van der Waals surface area contributed by atoms with Crippen molar-refractivity contribution in [1.29, 1.82) is 0 Å². The number of anilines is 1. The van der Waals surface area contributed by atoms with Crippen molar-refractivity contribution in [1.82, 2.24) is 0 Å². The van der Waals surface area contributed by atoms with Gasteiger partial charge < -0.3 is 24.6 Å². The Morgan fingerprint density at radius 3 is 2.39 bits per heavy atom. The Hall–Kier alpha value is -2.17. The first-order chi connectivity index (χ1) is 13.4. The van der Waals surface area contributed by atoms with Crippen molar-refractivity contribution in [2.45, 2.75) is 17.9 Å². The second-order valence-electron chi connectivity index (χ2n) is 6.12. The van der Waals surface area contributed by atoms with E-state index in [1.165, 1.54) is 6.07 Å². The van der Waals surface area contributed by atoms with Gasteiger partial charge in [-0.05, 0) is 36.2 Å². The lowest BCUT2D eigenvalue weighted by Gasteiger charge is -2.28. The summed E-state index contributed by atoms with van der Waals surface area (Å²) in [6, 6.07) is 11.7. The fourth-order valence-corrected chi connectivity index (χ4v) is 3.43. The minimum absolute atomic E-state index is 0.0277. The molecule has 28 heavy (non-hydrogen) atoms. The standard InChI is InChI=1S/C19H26N2O6S/c1-26-11-9-21(8-5-10-22)17-12-15(14-23)13-18(28(20,24)25)19(17)27-16-6-3-2-4-7-16/h2-4,6-7,12-13,22-23H,5,8-11,14H2,1H3,(H2,20,24,25). The van der Waals surface area contributed by atoms with Gasteiger partial charge in [0.05, 0.1) is 18.9 Å². The molecule has 0 saturated carbocycles. The zero-order chi connectivity index (χ0) is 20.6. The van der Waals surface area contributed by atoms with Gasteiger partial charge in [-0.25, -0.2) is 13.6 Å². The quantitative estimate of drug-likeness (QED) is 0.512. The van der Waals surface area contributed by atoms with Crippen LogP contribution in [-0.2, 0) is 21.4 Å². The molecule has 154 valence electrons. The van der Waals surface area contributed by atoms with Crippen LogP contribution in [0.2, 0.25) is 0 Å². The normalized spacial score (nSPS) is 11.4. The number of methoxy groups -OCH3 is 1. The third kappa shape index (κ3) is 5.91. The van der Waals surface area contributed by atoms with Gasteiger partial charge in [0.25, 0.3) is 0 Å². The van der Waals surface area contributed by atoms with E-state index >= 15 is 0 Å². The molecular formula is C19H26N2O6S. The number of primary sulfonamides is 1. The zero-order valence-electron chi connectivity index (χ0n) is 15.7. The van der Waals surface area contributed by atoms with Crippen LogP contribution in [0.4, 0.5) is 5.69 Å². The van der Waals surface area contributed by atoms with Gasteiger partial charge in [-0.2, -0.15) is 0 Å². The van der Waals surface area contributed by atoms with Crippen LogP contribution < -0.4 is 14.8 Å². The largest absolute Gasteiger partial charge is 0.454 e. The third-order valence-electron chi connectivity index (χ3n) is 4.04. The number of ether oxygens (including phenoxy) is 2. The van der Waals surface area contributed by atoms with E-state index in [-0.39, 0.29) is 23.9 Å². The van der Waals surface area contributed by atoms with Crippen LogP contribution in [0.5, 0.6) is 11.5 Å². The molecule has 0 aliphatic carbocycles. The Balaban J connectivity index is 2.64. The lowest BCUT2D eigenvalue weighted by Crippen LogP contribution is -2.30. The summed E-state index contributed by atoms with van der Waals surface area (Å²) in [5.74, 6) is 0.513. The predicted octanol–water partition coefficient (Wildman–Crippen LogP) is 1.45. The average Bonchev–Trinajstić information content (AvgIpc) is 2.68. The number of para-hydroxylation sites is 1. The Labute approximate surface area is 165 Å². The molecule has 4 N–H and O–H groups in total. The second-order valence-corrected chi connectivity index (χ2v) is 7.65. The molecule has 9 heteroatoms. The van der Waals surface area contributed by atoms with Gasteiger partial charge in [0.15, 0.2) is 5.75 Å². The Morgan fingerprint density at radius 1 is 1.11 bits per heavy atom. The number of nitrogens with zero attached hydrogens (tertiary/aromatic N) is 1. The molecule has 0 aliphatic heterocycles. The van der Waals surface area contributed by atoms with E-state index in [4.69, 9.17) is 14.6 Å². The average molecular weight is 410 g/mol. The number of hydrogen-bond acceptors (Lipinski definition) is 7. The van der Waals surface area contributed by atoms with Crippen LogP contribution in [0, 0.1) is 0 Å². The molecule has 0 unspecified atom stereocenters. The van der Waals surface area contributed by atoms with Gasteiger partial charge in [0.2, 0.25) is 10.0 Å². The summed E-state index contributed by atoms with van der Waals surface area (Å²) in [6.45, 7) is 0.855. The van der Waals surface area contributed by atoms with Crippen molar-refractivity contribution in [3.63, 3.8) is 0 Å². The molecule has 0 bridgehead atoms. The van der Waals surface area contributed by atoms with E-state index in [0.717, 1.165) is 0 Å². The van der Waals surface area contributed by atoms with Crippen LogP contribution in [0.15, 0.2) is 47.4 Å². The highest BCUT2D eigenvalue weighted by Crippen LogP contribution is 2.39. The van der Waals surface area contributed by atoms with E-state index in [1.54, 1.807) is 37.4 Å². The maximum atomic E-state index is 12.2. The van der Waals surface area contributed by atoms with Gasteiger partial charge in [-0.1, -0.05) is 18.2 Å². The van der Waals surface area contributed by atoms with Crippen LogP contribution in [0.25, 0.3) is 0 Å². The summed E-state index contributed by atoms with van der Waals surface area (Å²) >= 11 is 0. The summed E-state index contributed by atoms with van der Waals surface area (Å²) in [7, 11) is -2.57. The maximum Gasteiger partial charge on any atom is 0.241 e. The van der Waals surface area contributed by atoms with E-state index in [0.29, 0.717) is 43.1 Å². The molecule has 0 aromatic heterocycles. The summed E-state index contributed by atoms with van der Waals surface area (Å²) in [5, 5.41) is 24.3. The summed E-state index contributed by atoms with van der Waals surface area (Å²) in [6.07, 6.45) is 0.461. The molecule has 0 saturated heterocycles. The molecule has 2 aromatic carbocycles. The van der Waals surface area contributed by atoms with Crippen molar-refractivity contribution in [2.75, 3.05) is 38.3 Å². The fourth-order valence-electron chi connectivity index (χ4n) is 2.71. The molecule has 2 rings (SSSR count). The second kappa shape index (κ2) is 10.4. The molecule has 0 fully saturated rings. The fraction of sp³-hybridized carbons (Fsp3) is 0.368. The van der Waals surface area contributed by atoms with Gasteiger partial charge in [-0.3, -0.25) is 0 Å². The van der Waals surface area contributed by atoms with E-state index in [9.17, 15) is 18.6 Å². The minimum atomic E-state index is -4.13. The van der Waals surface area contributed by atoms with E-state index in [1.807, 2.05) is 11.0 Å². The first kappa shape index (κ1) is 22.1. The maximum absolute atomic E-state index is 12.2. The highest BCUT2D eigenvalue weighted by Gasteiger charge is 2.24. The molecule has 2 aromatic rings.